The van der Waals surface area contributed by atoms with Crippen molar-refractivity contribution in [3.63, 3.8) is 0 Å². The van der Waals surface area contributed by atoms with Crippen molar-refractivity contribution in [3.05, 3.63) is 23.8 Å². The van der Waals surface area contributed by atoms with Crippen LogP contribution in [0.3, 0.4) is 0 Å². The maximum atomic E-state index is 9.42. The number of aliphatic hydroxyl groups excluding tert-OH is 2. The summed E-state index contributed by atoms with van der Waals surface area (Å²) in [4.78, 5) is 0. The molecule has 0 bridgehead atoms. The summed E-state index contributed by atoms with van der Waals surface area (Å²) in [5.74, 6) is 1.06. The summed E-state index contributed by atoms with van der Waals surface area (Å²) in [7, 11) is 1.54. The van der Waals surface area contributed by atoms with Crippen molar-refractivity contribution < 1.29 is 19.7 Å². The van der Waals surface area contributed by atoms with Gasteiger partial charge in [-0.05, 0) is 12.5 Å². The van der Waals surface area contributed by atoms with Crippen LogP contribution >= 0.6 is 0 Å². The van der Waals surface area contributed by atoms with Crippen molar-refractivity contribution >= 4 is 0 Å². The lowest BCUT2D eigenvalue weighted by Crippen LogP contribution is -2.17. The summed E-state index contributed by atoms with van der Waals surface area (Å²) in [6.07, 6.45) is 0.125. The molecule has 0 amide bonds. The first-order valence-electron chi connectivity index (χ1n) is 5.30. The lowest BCUT2D eigenvalue weighted by atomic mass is 10.2. The molecule has 1 unspecified atom stereocenters. The predicted octanol–water partition coefficient (Wildman–Crippen LogP) is 1.34. The lowest BCUT2D eigenvalue weighted by Gasteiger charge is -2.15. The van der Waals surface area contributed by atoms with Gasteiger partial charge >= 0.3 is 0 Å². The van der Waals surface area contributed by atoms with E-state index in [0.717, 1.165) is 0 Å². The maximum absolute atomic E-state index is 9.42. The molecule has 0 radical (unpaired) electrons. The van der Waals surface area contributed by atoms with Gasteiger partial charge in [-0.25, -0.2) is 0 Å². The summed E-state index contributed by atoms with van der Waals surface area (Å²) in [6, 6.07) is 5.30. The molecule has 0 fully saturated rings. The molecule has 0 spiro atoms. The molecule has 16 heavy (non-hydrogen) atoms. The molecule has 2 N–H and O–H groups in total. The van der Waals surface area contributed by atoms with Crippen molar-refractivity contribution in [2.75, 3.05) is 13.7 Å². The first-order chi connectivity index (χ1) is 7.72. The predicted molar refractivity (Wildman–Crippen MR) is 60.7 cm³/mol. The van der Waals surface area contributed by atoms with Gasteiger partial charge < -0.3 is 19.7 Å². The molecule has 4 heteroatoms. The van der Waals surface area contributed by atoms with Gasteiger partial charge in [0.1, 0.15) is 6.61 Å². The second-order valence-electron chi connectivity index (χ2n) is 3.48. The van der Waals surface area contributed by atoms with Crippen molar-refractivity contribution in [1.29, 1.82) is 0 Å². The van der Waals surface area contributed by atoms with Gasteiger partial charge in [0.05, 0.1) is 19.8 Å². The fourth-order valence-corrected chi connectivity index (χ4v) is 1.31. The molecule has 1 rings (SSSR count). The third-order valence-electron chi connectivity index (χ3n) is 2.34. The largest absolute Gasteiger partial charge is 0.493 e. The highest BCUT2D eigenvalue weighted by molar-refractivity contribution is 5.46. The molecule has 1 aromatic rings. The van der Waals surface area contributed by atoms with E-state index in [9.17, 15) is 5.11 Å². The Kier molecular flexibility index (Phi) is 5.08. The Labute approximate surface area is 95.4 Å². The van der Waals surface area contributed by atoms with Gasteiger partial charge in [0.15, 0.2) is 11.5 Å². The number of ether oxygens (including phenoxy) is 2. The van der Waals surface area contributed by atoms with Gasteiger partial charge in [-0.15, -0.1) is 0 Å². The Bertz CT molecular complexity index is 303. The van der Waals surface area contributed by atoms with Gasteiger partial charge in [0, 0.05) is 5.56 Å². The van der Waals surface area contributed by atoms with Crippen molar-refractivity contribution in [3.8, 4) is 11.5 Å². The first kappa shape index (κ1) is 12.8. The number of para-hydroxylation sites is 1. The minimum absolute atomic E-state index is 0.116. The van der Waals surface area contributed by atoms with Crippen LogP contribution in [0.15, 0.2) is 18.2 Å². The quantitative estimate of drug-likeness (QED) is 0.768. The van der Waals surface area contributed by atoms with E-state index in [2.05, 4.69) is 0 Å². The lowest BCUT2D eigenvalue weighted by molar-refractivity contribution is 0.101. The molecule has 0 saturated heterocycles. The molecule has 0 heterocycles. The van der Waals surface area contributed by atoms with Gasteiger partial charge in [-0.2, -0.15) is 0 Å². The first-order valence-corrected chi connectivity index (χ1v) is 5.30. The highest BCUT2D eigenvalue weighted by atomic mass is 16.5. The molecule has 90 valence electrons. The normalized spacial score (nSPS) is 12.2. The second kappa shape index (κ2) is 6.35. The molecule has 4 nitrogen and oxygen atoms in total. The average molecular weight is 226 g/mol. The molecule has 0 aromatic heterocycles. The Hall–Kier alpha value is -1.26. The monoisotopic (exact) mass is 226 g/mol. The van der Waals surface area contributed by atoms with E-state index in [1.54, 1.807) is 25.3 Å². The number of hydrogen-bond donors (Lipinski definition) is 2. The van der Waals surface area contributed by atoms with E-state index in [0.29, 0.717) is 23.5 Å². The van der Waals surface area contributed by atoms with Gasteiger partial charge in [-0.1, -0.05) is 19.1 Å². The average Bonchev–Trinajstić information content (AvgIpc) is 2.35. The summed E-state index contributed by atoms with van der Waals surface area (Å²) in [5.41, 5.74) is 0.655. The number of aliphatic hydroxyl groups is 2. The van der Waals surface area contributed by atoms with Crippen LogP contribution in [-0.2, 0) is 6.61 Å². The van der Waals surface area contributed by atoms with Crippen LogP contribution in [0, 0.1) is 0 Å². The SMILES string of the molecule is CCC(O)COc1c(CO)cccc1OC. The Balaban J connectivity index is 2.82. The van der Waals surface area contributed by atoms with Crippen LogP contribution in [0.4, 0.5) is 0 Å². The van der Waals surface area contributed by atoms with Gasteiger partial charge in [0.25, 0.3) is 0 Å². The zero-order valence-electron chi connectivity index (χ0n) is 9.64. The molecule has 0 aliphatic rings. The standard InChI is InChI=1S/C12H18O4/c1-3-10(14)8-16-12-9(7-13)5-4-6-11(12)15-2/h4-6,10,13-14H,3,7-8H2,1-2H3. The fourth-order valence-electron chi connectivity index (χ4n) is 1.31. The summed E-state index contributed by atoms with van der Waals surface area (Å²) < 4.78 is 10.6. The molecule has 1 atom stereocenters. The number of hydrogen-bond acceptors (Lipinski definition) is 4. The zero-order chi connectivity index (χ0) is 12.0. The summed E-state index contributed by atoms with van der Waals surface area (Å²) in [6.45, 7) is 1.96. The second-order valence-corrected chi connectivity index (χ2v) is 3.48. The zero-order valence-corrected chi connectivity index (χ0v) is 9.64. The molecule has 0 aliphatic heterocycles. The Morgan fingerprint density at radius 3 is 2.69 bits per heavy atom. The molecule has 0 saturated carbocycles. The van der Waals surface area contributed by atoms with E-state index >= 15 is 0 Å². The molecular weight excluding hydrogens is 208 g/mol. The van der Waals surface area contributed by atoms with E-state index < -0.39 is 6.10 Å². The maximum Gasteiger partial charge on any atom is 0.166 e. The number of rotatable bonds is 6. The van der Waals surface area contributed by atoms with Crippen LogP contribution in [0.25, 0.3) is 0 Å². The van der Waals surface area contributed by atoms with Crippen molar-refractivity contribution in [2.24, 2.45) is 0 Å². The number of methoxy groups -OCH3 is 1. The van der Waals surface area contributed by atoms with Crippen LogP contribution in [-0.4, -0.2) is 30.0 Å². The van der Waals surface area contributed by atoms with Crippen LogP contribution in [0.2, 0.25) is 0 Å². The van der Waals surface area contributed by atoms with E-state index in [1.165, 1.54) is 0 Å². The highest BCUT2D eigenvalue weighted by Crippen LogP contribution is 2.31. The smallest absolute Gasteiger partial charge is 0.166 e. The third kappa shape index (κ3) is 3.12. The van der Waals surface area contributed by atoms with Crippen molar-refractivity contribution in [2.45, 2.75) is 26.1 Å². The molecular formula is C12H18O4. The van der Waals surface area contributed by atoms with Crippen molar-refractivity contribution in [1.82, 2.24) is 0 Å². The Morgan fingerprint density at radius 1 is 1.38 bits per heavy atom. The minimum Gasteiger partial charge on any atom is -0.493 e. The van der Waals surface area contributed by atoms with Gasteiger partial charge in [0.2, 0.25) is 0 Å². The summed E-state index contributed by atoms with van der Waals surface area (Å²) >= 11 is 0. The van der Waals surface area contributed by atoms with E-state index in [-0.39, 0.29) is 13.2 Å². The topological polar surface area (TPSA) is 58.9 Å². The highest BCUT2D eigenvalue weighted by Gasteiger charge is 2.11. The van der Waals surface area contributed by atoms with E-state index in [1.807, 2.05) is 6.92 Å². The molecule has 1 aromatic carbocycles. The fraction of sp³-hybridized carbons (Fsp3) is 0.500. The molecule has 0 aliphatic carbocycles. The van der Waals surface area contributed by atoms with Crippen LogP contribution in [0.1, 0.15) is 18.9 Å². The summed E-state index contributed by atoms with van der Waals surface area (Å²) in [5, 5.41) is 18.6. The third-order valence-corrected chi connectivity index (χ3v) is 2.34. The van der Waals surface area contributed by atoms with Crippen LogP contribution in [0.5, 0.6) is 11.5 Å². The number of benzene rings is 1. The van der Waals surface area contributed by atoms with Gasteiger partial charge in [-0.3, -0.25) is 0 Å². The van der Waals surface area contributed by atoms with E-state index in [4.69, 9.17) is 14.6 Å². The van der Waals surface area contributed by atoms with Crippen LogP contribution < -0.4 is 9.47 Å². The Morgan fingerprint density at radius 2 is 2.12 bits per heavy atom. The minimum atomic E-state index is -0.503.